The molecule has 0 amide bonds. The molecule has 1 aromatic rings. The number of Topliss-reactive ketones (excluding diaryl/α,β-unsaturated/α-hetero) is 2. The fraction of sp³-hybridized carbons (Fsp3) is 0.357. The second-order valence-corrected chi connectivity index (χ2v) is 4.59. The van der Waals surface area contributed by atoms with Gasteiger partial charge in [0.2, 0.25) is 0 Å². The number of aliphatic carboxylic acids is 1. The van der Waals surface area contributed by atoms with Crippen LogP contribution in [0.2, 0.25) is 0 Å². The number of benzene rings is 1. The minimum atomic E-state index is -1.16. The number of hydrogen-bond donors (Lipinski definition) is 3. The molecule has 0 fully saturated rings. The van der Waals surface area contributed by atoms with E-state index in [1.807, 2.05) is 0 Å². The van der Waals surface area contributed by atoms with Gasteiger partial charge in [-0.05, 0) is 0 Å². The van der Waals surface area contributed by atoms with E-state index in [1.54, 1.807) is 37.3 Å². The number of thiol groups is 1. The van der Waals surface area contributed by atoms with Crippen molar-refractivity contribution in [1.82, 2.24) is 5.32 Å². The molecule has 108 valence electrons. The van der Waals surface area contributed by atoms with Crippen LogP contribution in [-0.2, 0) is 9.59 Å². The SMILES string of the molecule is CCC(=O)C(N[C@H](CS)C(=O)O)C(=O)c1ccccc1. The Kier molecular flexibility index (Phi) is 6.41. The number of carboxylic acid groups (broad SMARTS) is 1. The monoisotopic (exact) mass is 295 g/mol. The molecule has 0 aliphatic heterocycles. The van der Waals surface area contributed by atoms with Gasteiger partial charge < -0.3 is 5.11 Å². The highest BCUT2D eigenvalue weighted by Gasteiger charge is 2.30. The van der Waals surface area contributed by atoms with Crippen molar-refractivity contribution in [2.75, 3.05) is 5.75 Å². The van der Waals surface area contributed by atoms with Crippen LogP contribution in [0.5, 0.6) is 0 Å². The second-order valence-electron chi connectivity index (χ2n) is 4.22. The summed E-state index contributed by atoms with van der Waals surface area (Å²) in [6.45, 7) is 1.63. The van der Waals surface area contributed by atoms with E-state index in [9.17, 15) is 14.4 Å². The largest absolute Gasteiger partial charge is 0.480 e. The molecule has 0 aliphatic carbocycles. The molecule has 0 spiro atoms. The first kappa shape index (κ1) is 16.4. The van der Waals surface area contributed by atoms with Gasteiger partial charge in [0, 0.05) is 17.7 Å². The molecule has 0 saturated heterocycles. The average Bonchev–Trinajstić information content (AvgIpc) is 2.47. The van der Waals surface area contributed by atoms with E-state index in [2.05, 4.69) is 17.9 Å². The van der Waals surface area contributed by atoms with Gasteiger partial charge in [0.1, 0.15) is 12.1 Å². The highest BCUT2D eigenvalue weighted by molar-refractivity contribution is 7.80. The van der Waals surface area contributed by atoms with E-state index >= 15 is 0 Å². The smallest absolute Gasteiger partial charge is 0.321 e. The summed E-state index contributed by atoms with van der Waals surface area (Å²) in [6, 6.07) is 6.12. The van der Waals surface area contributed by atoms with Crippen LogP contribution >= 0.6 is 12.6 Å². The predicted molar refractivity (Wildman–Crippen MR) is 78.3 cm³/mol. The van der Waals surface area contributed by atoms with Crippen LogP contribution in [-0.4, -0.2) is 40.5 Å². The maximum absolute atomic E-state index is 12.3. The van der Waals surface area contributed by atoms with Crippen LogP contribution in [0, 0.1) is 0 Å². The summed E-state index contributed by atoms with van der Waals surface area (Å²) in [4.78, 5) is 35.2. The Balaban J connectivity index is 2.98. The maximum Gasteiger partial charge on any atom is 0.321 e. The number of nitrogens with one attached hydrogen (secondary N) is 1. The Bertz CT molecular complexity index is 489. The fourth-order valence-corrected chi connectivity index (χ4v) is 1.95. The van der Waals surface area contributed by atoms with Gasteiger partial charge in [-0.25, -0.2) is 0 Å². The molecule has 0 radical (unpaired) electrons. The summed E-state index contributed by atoms with van der Waals surface area (Å²) in [5.74, 6) is -1.92. The number of rotatable bonds is 8. The van der Waals surface area contributed by atoms with Crippen molar-refractivity contribution in [3.63, 3.8) is 0 Å². The molecule has 0 aliphatic rings. The van der Waals surface area contributed by atoms with Gasteiger partial charge in [-0.15, -0.1) is 0 Å². The van der Waals surface area contributed by atoms with Gasteiger partial charge in [-0.2, -0.15) is 12.6 Å². The summed E-state index contributed by atoms with van der Waals surface area (Å²) in [7, 11) is 0. The minimum absolute atomic E-state index is 0.00903. The Morgan fingerprint density at radius 3 is 2.30 bits per heavy atom. The Hall–Kier alpha value is -1.66. The molecule has 0 saturated carbocycles. The molecular formula is C14H17NO4S. The van der Waals surface area contributed by atoms with E-state index in [4.69, 9.17) is 5.11 Å². The van der Waals surface area contributed by atoms with Gasteiger partial charge in [0.25, 0.3) is 0 Å². The summed E-state index contributed by atoms with van der Waals surface area (Å²) in [5.41, 5.74) is 0.370. The number of carbonyl (C=O) groups excluding carboxylic acids is 2. The molecule has 0 aromatic heterocycles. The maximum atomic E-state index is 12.3. The van der Waals surface area contributed by atoms with E-state index in [1.165, 1.54) is 0 Å². The standard InChI is InChI=1S/C14H17NO4S/c1-2-11(16)12(15-10(8-20)14(18)19)13(17)9-6-4-3-5-7-9/h3-7,10,12,15,20H,2,8H2,1H3,(H,18,19)/t10-,12?/m1/s1. The van der Waals surface area contributed by atoms with Crippen molar-refractivity contribution in [1.29, 1.82) is 0 Å². The number of ketones is 2. The molecular weight excluding hydrogens is 278 g/mol. The van der Waals surface area contributed by atoms with Crippen LogP contribution in [0.1, 0.15) is 23.7 Å². The Morgan fingerprint density at radius 2 is 1.85 bits per heavy atom. The Labute approximate surface area is 122 Å². The first-order valence-corrected chi connectivity index (χ1v) is 6.86. The third kappa shape index (κ3) is 4.18. The molecule has 5 nitrogen and oxygen atoms in total. The Morgan fingerprint density at radius 1 is 1.25 bits per heavy atom. The van der Waals surface area contributed by atoms with Gasteiger partial charge in [-0.1, -0.05) is 37.3 Å². The summed E-state index contributed by atoms with van der Waals surface area (Å²) in [6.07, 6.45) is 0.148. The topological polar surface area (TPSA) is 83.5 Å². The number of carbonyl (C=O) groups is 3. The molecule has 2 N–H and O–H groups in total. The van der Waals surface area contributed by atoms with E-state index in [0.29, 0.717) is 5.56 Å². The summed E-state index contributed by atoms with van der Waals surface area (Å²) < 4.78 is 0. The zero-order chi connectivity index (χ0) is 15.1. The van der Waals surface area contributed by atoms with Crippen molar-refractivity contribution in [3.8, 4) is 0 Å². The molecule has 1 unspecified atom stereocenters. The minimum Gasteiger partial charge on any atom is -0.480 e. The van der Waals surface area contributed by atoms with Crippen LogP contribution < -0.4 is 5.32 Å². The molecule has 0 heterocycles. The third-order valence-electron chi connectivity index (χ3n) is 2.84. The van der Waals surface area contributed by atoms with Crippen molar-refractivity contribution in [3.05, 3.63) is 35.9 Å². The molecule has 6 heteroatoms. The summed E-state index contributed by atoms with van der Waals surface area (Å²) >= 11 is 3.92. The molecule has 1 rings (SSSR count). The lowest BCUT2D eigenvalue weighted by Crippen LogP contribution is -2.52. The van der Waals surface area contributed by atoms with Crippen LogP contribution in [0.4, 0.5) is 0 Å². The zero-order valence-corrected chi connectivity index (χ0v) is 12.0. The van der Waals surface area contributed by atoms with Gasteiger partial charge in [-0.3, -0.25) is 19.7 Å². The van der Waals surface area contributed by atoms with Crippen LogP contribution in [0.3, 0.4) is 0 Å². The van der Waals surface area contributed by atoms with Crippen LogP contribution in [0.15, 0.2) is 30.3 Å². The second kappa shape index (κ2) is 7.81. The van der Waals surface area contributed by atoms with Gasteiger partial charge in [0.15, 0.2) is 11.6 Å². The molecule has 1 aromatic carbocycles. The number of carboxylic acids is 1. The lowest BCUT2D eigenvalue weighted by atomic mass is 9.98. The normalized spacial score (nSPS) is 13.5. The van der Waals surface area contributed by atoms with Crippen molar-refractivity contribution in [2.24, 2.45) is 0 Å². The lowest BCUT2D eigenvalue weighted by molar-refractivity contribution is -0.139. The predicted octanol–water partition coefficient (Wildman–Crippen LogP) is 1.19. The van der Waals surface area contributed by atoms with Gasteiger partial charge >= 0.3 is 5.97 Å². The third-order valence-corrected chi connectivity index (χ3v) is 3.20. The van der Waals surface area contributed by atoms with Crippen LogP contribution in [0.25, 0.3) is 0 Å². The first-order valence-electron chi connectivity index (χ1n) is 6.23. The van der Waals surface area contributed by atoms with Crippen molar-refractivity contribution in [2.45, 2.75) is 25.4 Å². The molecule has 20 heavy (non-hydrogen) atoms. The molecule has 2 atom stereocenters. The average molecular weight is 295 g/mol. The number of hydrogen-bond acceptors (Lipinski definition) is 5. The fourth-order valence-electron chi connectivity index (χ4n) is 1.69. The molecule has 0 bridgehead atoms. The lowest BCUT2D eigenvalue weighted by Gasteiger charge is -2.20. The quantitative estimate of drug-likeness (QED) is 0.381. The highest BCUT2D eigenvalue weighted by atomic mass is 32.1. The van der Waals surface area contributed by atoms with Crippen molar-refractivity contribution < 1.29 is 19.5 Å². The first-order chi connectivity index (χ1) is 9.51. The highest BCUT2D eigenvalue weighted by Crippen LogP contribution is 2.07. The van der Waals surface area contributed by atoms with Gasteiger partial charge in [0.05, 0.1) is 0 Å². The van der Waals surface area contributed by atoms with E-state index in [0.717, 1.165) is 0 Å². The van der Waals surface area contributed by atoms with E-state index in [-0.39, 0.29) is 18.0 Å². The van der Waals surface area contributed by atoms with E-state index < -0.39 is 23.8 Å². The zero-order valence-electron chi connectivity index (χ0n) is 11.1. The van der Waals surface area contributed by atoms with Crippen molar-refractivity contribution >= 4 is 30.2 Å². The summed E-state index contributed by atoms with van der Waals surface area (Å²) in [5, 5.41) is 11.6.